The number of carbonyl (C=O) groups is 2. The Kier molecular flexibility index (Phi) is 5.72. The third-order valence-corrected chi connectivity index (χ3v) is 2.69. The molecule has 6 nitrogen and oxygen atoms in total. The summed E-state index contributed by atoms with van der Waals surface area (Å²) in [5, 5.41) is 2.64. The second-order valence-electron chi connectivity index (χ2n) is 5.53. The van der Waals surface area contributed by atoms with Gasteiger partial charge in [-0.25, -0.2) is 4.79 Å². The zero-order chi connectivity index (χ0) is 16.0. The van der Waals surface area contributed by atoms with E-state index in [2.05, 4.69) is 5.32 Å². The fraction of sp³-hybridized carbons (Fsp3) is 0.467. The summed E-state index contributed by atoms with van der Waals surface area (Å²) in [6, 6.07) is 6.92. The first-order valence-electron chi connectivity index (χ1n) is 6.65. The number of amides is 1. The van der Waals surface area contributed by atoms with Crippen LogP contribution in [0.15, 0.2) is 24.3 Å². The van der Waals surface area contributed by atoms with E-state index in [-0.39, 0.29) is 6.54 Å². The maximum absolute atomic E-state index is 11.8. The van der Waals surface area contributed by atoms with E-state index >= 15 is 0 Å². The van der Waals surface area contributed by atoms with Crippen molar-refractivity contribution in [1.29, 1.82) is 0 Å². The third-order valence-electron chi connectivity index (χ3n) is 2.69. The number of hydrogen-bond donors (Lipinski definition) is 2. The molecule has 0 aliphatic carbocycles. The van der Waals surface area contributed by atoms with Crippen molar-refractivity contribution in [3.63, 3.8) is 0 Å². The van der Waals surface area contributed by atoms with Crippen LogP contribution in [0.1, 0.15) is 32.3 Å². The summed E-state index contributed by atoms with van der Waals surface area (Å²) in [4.78, 5) is 23.6. The molecule has 0 radical (unpaired) electrons. The van der Waals surface area contributed by atoms with E-state index in [1.54, 1.807) is 45.0 Å². The summed E-state index contributed by atoms with van der Waals surface area (Å²) in [7, 11) is 1.30. The molecule has 0 spiro atoms. The molecule has 21 heavy (non-hydrogen) atoms. The van der Waals surface area contributed by atoms with Crippen LogP contribution in [0.2, 0.25) is 0 Å². The lowest BCUT2D eigenvalue weighted by Gasteiger charge is -2.21. The highest BCUT2D eigenvalue weighted by Crippen LogP contribution is 2.25. The van der Waals surface area contributed by atoms with Crippen LogP contribution in [0, 0.1) is 0 Å². The Balaban J connectivity index is 2.99. The van der Waals surface area contributed by atoms with Crippen LogP contribution in [-0.4, -0.2) is 31.3 Å². The number of ether oxygens (including phenoxy) is 2. The van der Waals surface area contributed by atoms with Crippen LogP contribution in [0.4, 0.5) is 10.5 Å². The first-order valence-corrected chi connectivity index (χ1v) is 6.65. The average Bonchev–Trinajstić information content (AvgIpc) is 2.39. The SMILES string of the molecule is COC(=O)C(CN)c1ccccc1NC(=O)OC(C)(C)C. The van der Waals surface area contributed by atoms with Crippen LogP contribution >= 0.6 is 0 Å². The lowest BCUT2D eigenvalue weighted by molar-refractivity contribution is -0.142. The van der Waals surface area contributed by atoms with Gasteiger partial charge in [0, 0.05) is 12.2 Å². The van der Waals surface area contributed by atoms with E-state index in [0.29, 0.717) is 11.3 Å². The van der Waals surface area contributed by atoms with Crippen LogP contribution in [0.5, 0.6) is 0 Å². The van der Waals surface area contributed by atoms with Crippen LogP contribution in [0.3, 0.4) is 0 Å². The Morgan fingerprint density at radius 2 is 1.90 bits per heavy atom. The van der Waals surface area contributed by atoms with Crippen molar-refractivity contribution in [3.8, 4) is 0 Å². The molecule has 0 heterocycles. The molecule has 0 bridgehead atoms. The highest BCUT2D eigenvalue weighted by Gasteiger charge is 2.24. The van der Waals surface area contributed by atoms with Gasteiger partial charge in [0.25, 0.3) is 0 Å². The number of anilines is 1. The normalized spacial score (nSPS) is 12.4. The van der Waals surface area contributed by atoms with Gasteiger partial charge in [0.15, 0.2) is 0 Å². The molecule has 116 valence electrons. The minimum Gasteiger partial charge on any atom is -0.469 e. The van der Waals surface area contributed by atoms with Gasteiger partial charge in [-0.15, -0.1) is 0 Å². The molecule has 1 amide bonds. The number of rotatable bonds is 4. The van der Waals surface area contributed by atoms with Crippen molar-refractivity contribution in [2.24, 2.45) is 5.73 Å². The van der Waals surface area contributed by atoms with Crippen LogP contribution in [-0.2, 0) is 14.3 Å². The molecule has 0 aliphatic rings. The fourth-order valence-corrected chi connectivity index (χ4v) is 1.82. The van der Waals surface area contributed by atoms with Crippen molar-refractivity contribution in [3.05, 3.63) is 29.8 Å². The quantitative estimate of drug-likeness (QED) is 0.831. The molecular formula is C15H22N2O4. The Labute approximate surface area is 124 Å². The van der Waals surface area contributed by atoms with E-state index in [9.17, 15) is 9.59 Å². The predicted molar refractivity (Wildman–Crippen MR) is 80.1 cm³/mol. The van der Waals surface area contributed by atoms with Crippen molar-refractivity contribution in [1.82, 2.24) is 0 Å². The Hall–Kier alpha value is -2.08. The number of para-hydroxylation sites is 1. The summed E-state index contributed by atoms with van der Waals surface area (Å²) in [5.74, 6) is -1.09. The largest absolute Gasteiger partial charge is 0.469 e. The topological polar surface area (TPSA) is 90.6 Å². The highest BCUT2D eigenvalue weighted by atomic mass is 16.6. The zero-order valence-corrected chi connectivity index (χ0v) is 12.8. The molecule has 3 N–H and O–H groups in total. The first-order chi connectivity index (χ1) is 9.78. The summed E-state index contributed by atoms with van der Waals surface area (Å²) < 4.78 is 9.93. The number of nitrogens with two attached hydrogens (primary N) is 1. The fourth-order valence-electron chi connectivity index (χ4n) is 1.82. The molecule has 6 heteroatoms. The maximum Gasteiger partial charge on any atom is 0.412 e. The molecule has 0 aromatic heterocycles. The van der Waals surface area contributed by atoms with Gasteiger partial charge in [-0.3, -0.25) is 10.1 Å². The minimum atomic E-state index is -0.638. The van der Waals surface area contributed by atoms with Crippen molar-refractivity contribution in [2.75, 3.05) is 19.0 Å². The van der Waals surface area contributed by atoms with E-state index in [4.69, 9.17) is 15.2 Å². The number of hydrogen-bond acceptors (Lipinski definition) is 5. The summed E-state index contributed by atoms with van der Waals surface area (Å²) in [6.07, 6.45) is -0.587. The number of benzene rings is 1. The minimum absolute atomic E-state index is 0.0830. The summed E-state index contributed by atoms with van der Waals surface area (Å²) >= 11 is 0. The van der Waals surface area contributed by atoms with Gasteiger partial charge in [0.2, 0.25) is 0 Å². The molecule has 0 fully saturated rings. The molecular weight excluding hydrogens is 272 g/mol. The van der Waals surface area contributed by atoms with Gasteiger partial charge in [-0.05, 0) is 32.4 Å². The molecule has 0 saturated carbocycles. The molecule has 1 aromatic carbocycles. The zero-order valence-electron chi connectivity index (χ0n) is 12.8. The average molecular weight is 294 g/mol. The molecule has 1 rings (SSSR count). The Bertz CT molecular complexity index is 509. The molecule has 0 aliphatic heterocycles. The highest BCUT2D eigenvalue weighted by molar-refractivity contribution is 5.89. The Morgan fingerprint density at radius 3 is 2.43 bits per heavy atom. The van der Waals surface area contributed by atoms with Crippen molar-refractivity contribution in [2.45, 2.75) is 32.3 Å². The third kappa shape index (κ3) is 5.07. The van der Waals surface area contributed by atoms with Crippen molar-refractivity contribution >= 4 is 17.7 Å². The summed E-state index contributed by atoms with van der Waals surface area (Å²) in [6.45, 7) is 5.40. The first kappa shape index (κ1) is 17.0. The van der Waals surface area contributed by atoms with E-state index in [1.807, 2.05) is 0 Å². The van der Waals surface area contributed by atoms with Gasteiger partial charge in [-0.2, -0.15) is 0 Å². The molecule has 1 atom stereocenters. The second kappa shape index (κ2) is 7.08. The van der Waals surface area contributed by atoms with Crippen molar-refractivity contribution < 1.29 is 19.1 Å². The molecule has 0 saturated heterocycles. The predicted octanol–water partition coefficient (Wildman–Crippen LogP) is 2.25. The number of carbonyl (C=O) groups excluding carboxylic acids is 2. The van der Waals surface area contributed by atoms with Gasteiger partial charge in [-0.1, -0.05) is 18.2 Å². The van der Waals surface area contributed by atoms with Gasteiger partial charge < -0.3 is 15.2 Å². The van der Waals surface area contributed by atoms with E-state index < -0.39 is 23.6 Å². The molecule has 1 unspecified atom stereocenters. The van der Waals surface area contributed by atoms with Gasteiger partial charge >= 0.3 is 12.1 Å². The maximum atomic E-state index is 11.8. The number of nitrogens with one attached hydrogen (secondary N) is 1. The van der Waals surface area contributed by atoms with E-state index in [1.165, 1.54) is 7.11 Å². The monoisotopic (exact) mass is 294 g/mol. The number of esters is 1. The second-order valence-corrected chi connectivity index (χ2v) is 5.53. The van der Waals surface area contributed by atoms with Crippen LogP contribution < -0.4 is 11.1 Å². The lowest BCUT2D eigenvalue weighted by Crippen LogP contribution is -2.29. The smallest absolute Gasteiger partial charge is 0.412 e. The van der Waals surface area contributed by atoms with Gasteiger partial charge in [0.05, 0.1) is 13.0 Å². The number of methoxy groups -OCH3 is 1. The Morgan fingerprint density at radius 1 is 1.29 bits per heavy atom. The van der Waals surface area contributed by atoms with Crippen LogP contribution in [0.25, 0.3) is 0 Å². The van der Waals surface area contributed by atoms with Gasteiger partial charge in [0.1, 0.15) is 5.60 Å². The van der Waals surface area contributed by atoms with E-state index in [0.717, 1.165) is 0 Å². The molecule has 1 aromatic rings. The lowest BCUT2D eigenvalue weighted by atomic mass is 9.97. The standard InChI is InChI=1S/C15H22N2O4/c1-15(2,3)21-14(19)17-12-8-6-5-7-10(12)11(9-16)13(18)20-4/h5-8,11H,9,16H2,1-4H3,(H,17,19). The summed E-state index contributed by atoms with van der Waals surface area (Å²) in [5.41, 5.74) is 6.11.